The number of phenols is 1. The molecule has 70 valence electrons. The Morgan fingerprint density at radius 1 is 1.31 bits per heavy atom. The molecule has 1 aliphatic rings. The lowest BCUT2D eigenvalue weighted by atomic mass is 9.99. The zero-order chi connectivity index (χ0) is 9.10. The van der Waals surface area contributed by atoms with Crippen molar-refractivity contribution in [2.45, 2.75) is 12.8 Å². The van der Waals surface area contributed by atoms with Gasteiger partial charge in [-0.15, -0.1) is 0 Å². The van der Waals surface area contributed by atoms with Crippen LogP contribution in [0.2, 0.25) is 0 Å². The van der Waals surface area contributed by atoms with Gasteiger partial charge >= 0.3 is 0 Å². The molecular weight excluding hydrogens is 162 g/mol. The van der Waals surface area contributed by atoms with Gasteiger partial charge in [0.2, 0.25) is 0 Å². The van der Waals surface area contributed by atoms with Gasteiger partial charge in [-0.1, -0.05) is 12.1 Å². The molecule has 2 N–H and O–H groups in total. The van der Waals surface area contributed by atoms with Crippen molar-refractivity contribution in [1.82, 2.24) is 5.32 Å². The second kappa shape index (κ2) is 3.79. The van der Waals surface area contributed by atoms with Gasteiger partial charge in [-0.05, 0) is 49.5 Å². The van der Waals surface area contributed by atoms with E-state index in [-0.39, 0.29) is 0 Å². The minimum absolute atomic E-state index is 0.355. The number of aromatic hydroxyl groups is 1. The lowest BCUT2D eigenvalue weighted by Gasteiger charge is -2.07. The predicted octanol–water partition coefficient (Wildman–Crippen LogP) is 1.54. The molecule has 0 spiro atoms. The first-order valence-electron chi connectivity index (χ1n) is 4.83. The van der Waals surface area contributed by atoms with Gasteiger partial charge in [-0.3, -0.25) is 0 Å². The van der Waals surface area contributed by atoms with Crippen LogP contribution >= 0.6 is 0 Å². The summed E-state index contributed by atoms with van der Waals surface area (Å²) in [5.41, 5.74) is 1.33. The average molecular weight is 177 g/mol. The SMILES string of the molecule is Oc1ccc(CC2CCNC2)cc1. The average Bonchev–Trinajstić information content (AvgIpc) is 2.62. The summed E-state index contributed by atoms with van der Waals surface area (Å²) >= 11 is 0. The summed E-state index contributed by atoms with van der Waals surface area (Å²) in [4.78, 5) is 0. The summed E-state index contributed by atoms with van der Waals surface area (Å²) in [6.45, 7) is 2.30. The van der Waals surface area contributed by atoms with E-state index in [2.05, 4.69) is 5.32 Å². The summed E-state index contributed by atoms with van der Waals surface area (Å²) in [6, 6.07) is 7.54. The molecular formula is C11H15NO. The fraction of sp³-hybridized carbons (Fsp3) is 0.455. The third-order valence-electron chi connectivity index (χ3n) is 2.62. The van der Waals surface area contributed by atoms with Gasteiger partial charge in [0, 0.05) is 0 Å². The van der Waals surface area contributed by atoms with E-state index in [4.69, 9.17) is 5.11 Å². The summed E-state index contributed by atoms with van der Waals surface area (Å²) < 4.78 is 0. The highest BCUT2D eigenvalue weighted by Crippen LogP contribution is 2.17. The topological polar surface area (TPSA) is 32.3 Å². The molecule has 0 bridgehead atoms. The molecule has 0 radical (unpaired) electrons. The van der Waals surface area contributed by atoms with Gasteiger partial charge in [0.1, 0.15) is 5.75 Å². The Morgan fingerprint density at radius 2 is 2.08 bits per heavy atom. The first-order valence-corrected chi connectivity index (χ1v) is 4.83. The van der Waals surface area contributed by atoms with Crippen LogP contribution in [-0.4, -0.2) is 18.2 Å². The molecule has 1 atom stereocenters. The first kappa shape index (κ1) is 8.57. The van der Waals surface area contributed by atoms with Crippen LogP contribution in [0.5, 0.6) is 5.75 Å². The molecule has 2 nitrogen and oxygen atoms in total. The van der Waals surface area contributed by atoms with E-state index in [1.165, 1.54) is 12.0 Å². The molecule has 1 heterocycles. The summed E-state index contributed by atoms with van der Waals surface area (Å²) in [5, 5.41) is 12.5. The van der Waals surface area contributed by atoms with Crippen molar-refractivity contribution in [3.63, 3.8) is 0 Å². The highest BCUT2D eigenvalue weighted by atomic mass is 16.3. The summed E-state index contributed by atoms with van der Waals surface area (Å²) in [6.07, 6.45) is 2.41. The fourth-order valence-electron chi connectivity index (χ4n) is 1.85. The van der Waals surface area contributed by atoms with Crippen LogP contribution in [0.3, 0.4) is 0 Å². The Kier molecular flexibility index (Phi) is 2.50. The van der Waals surface area contributed by atoms with Crippen LogP contribution in [-0.2, 0) is 6.42 Å². The fourth-order valence-corrected chi connectivity index (χ4v) is 1.85. The third-order valence-corrected chi connectivity index (χ3v) is 2.62. The molecule has 0 aliphatic carbocycles. The number of rotatable bonds is 2. The highest BCUT2D eigenvalue weighted by Gasteiger charge is 2.14. The molecule has 1 fully saturated rings. The Balaban J connectivity index is 1.97. The van der Waals surface area contributed by atoms with Crippen molar-refractivity contribution in [1.29, 1.82) is 0 Å². The quantitative estimate of drug-likeness (QED) is 0.718. The van der Waals surface area contributed by atoms with Crippen molar-refractivity contribution >= 4 is 0 Å². The second-order valence-corrected chi connectivity index (χ2v) is 3.73. The number of nitrogens with one attached hydrogen (secondary N) is 1. The van der Waals surface area contributed by atoms with Gasteiger partial charge in [0.25, 0.3) is 0 Å². The zero-order valence-corrected chi connectivity index (χ0v) is 7.66. The van der Waals surface area contributed by atoms with Gasteiger partial charge in [0.05, 0.1) is 0 Å². The van der Waals surface area contributed by atoms with E-state index >= 15 is 0 Å². The Labute approximate surface area is 78.6 Å². The normalized spacial score (nSPS) is 22.0. The molecule has 1 saturated heterocycles. The van der Waals surface area contributed by atoms with E-state index in [0.717, 1.165) is 25.4 Å². The Morgan fingerprint density at radius 3 is 2.69 bits per heavy atom. The lowest BCUT2D eigenvalue weighted by molar-refractivity contribution is 0.474. The van der Waals surface area contributed by atoms with Crippen LogP contribution < -0.4 is 5.32 Å². The molecule has 0 amide bonds. The molecule has 1 aromatic rings. The van der Waals surface area contributed by atoms with Gasteiger partial charge < -0.3 is 10.4 Å². The van der Waals surface area contributed by atoms with Gasteiger partial charge in [-0.2, -0.15) is 0 Å². The van der Waals surface area contributed by atoms with E-state index in [0.29, 0.717) is 5.75 Å². The van der Waals surface area contributed by atoms with E-state index in [1.807, 2.05) is 12.1 Å². The molecule has 1 unspecified atom stereocenters. The summed E-state index contributed by atoms with van der Waals surface area (Å²) in [7, 11) is 0. The van der Waals surface area contributed by atoms with Crippen molar-refractivity contribution < 1.29 is 5.11 Å². The smallest absolute Gasteiger partial charge is 0.115 e. The maximum absolute atomic E-state index is 9.11. The number of hydrogen-bond donors (Lipinski definition) is 2. The van der Waals surface area contributed by atoms with Gasteiger partial charge in [-0.25, -0.2) is 0 Å². The second-order valence-electron chi connectivity index (χ2n) is 3.73. The van der Waals surface area contributed by atoms with Crippen molar-refractivity contribution in [3.8, 4) is 5.75 Å². The maximum atomic E-state index is 9.11. The van der Waals surface area contributed by atoms with Crippen molar-refractivity contribution in [2.75, 3.05) is 13.1 Å². The minimum atomic E-state index is 0.355. The Hall–Kier alpha value is -1.02. The predicted molar refractivity (Wildman–Crippen MR) is 52.8 cm³/mol. The van der Waals surface area contributed by atoms with E-state index in [9.17, 15) is 0 Å². The molecule has 1 aliphatic heterocycles. The molecule has 2 heteroatoms. The van der Waals surface area contributed by atoms with Gasteiger partial charge in [0.15, 0.2) is 0 Å². The Bertz CT molecular complexity index is 262. The van der Waals surface area contributed by atoms with Crippen molar-refractivity contribution in [3.05, 3.63) is 29.8 Å². The molecule has 0 aromatic heterocycles. The van der Waals surface area contributed by atoms with E-state index < -0.39 is 0 Å². The maximum Gasteiger partial charge on any atom is 0.115 e. The van der Waals surface area contributed by atoms with Crippen LogP contribution in [0.25, 0.3) is 0 Å². The summed E-state index contributed by atoms with van der Waals surface area (Å²) in [5.74, 6) is 1.14. The van der Waals surface area contributed by atoms with E-state index in [1.54, 1.807) is 12.1 Å². The van der Waals surface area contributed by atoms with Crippen molar-refractivity contribution in [2.24, 2.45) is 5.92 Å². The lowest BCUT2D eigenvalue weighted by Crippen LogP contribution is -2.10. The van der Waals surface area contributed by atoms with Crippen LogP contribution in [0.1, 0.15) is 12.0 Å². The van der Waals surface area contributed by atoms with Crippen LogP contribution in [0.15, 0.2) is 24.3 Å². The third kappa shape index (κ3) is 2.22. The minimum Gasteiger partial charge on any atom is -0.508 e. The number of benzene rings is 1. The number of hydrogen-bond acceptors (Lipinski definition) is 2. The highest BCUT2D eigenvalue weighted by molar-refractivity contribution is 5.26. The zero-order valence-electron chi connectivity index (χ0n) is 7.66. The standard InChI is InChI=1S/C11H15NO/c13-11-3-1-9(2-4-11)7-10-5-6-12-8-10/h1-4,10,12-13H,5-8H2. The molecule has 13 heavy (non-hydrogen) atoms. The van der Waals surface area contributed by atoms with Crippen LogP contribution in [0.4, 0.5) is 0 Å². The first-order chi connectivity index (χ1) is 6.34. The largest absolute Gasteiger partial charge is 0.508 e. The monoisotopic (exact) mass is 177 g/mol. The molecule has 0 saturated carbocycles. The van der Waals surface area contributed by atoms with Crippen LogP contribution in [0, 0.1) is 5.92 Å². The molecule has 2 rings (SSSR count). The number of phenolic OH excluding ortho intramolecular Hbond substituents is 1. The molecule has 1 aromatic carbocycles.